The van der Waals surface area contributed by atoms with E-state index in [1.165, 1.54) is 25.6 Å². The van der Waals surface area contributed by atoms with E-state index >= 15 is 0 Å². The van der Waals surface area contributed by atoms with Crippen molar-refractivity contribution >= 4 is 23.6 Å². The number of thioether (sulfide) groups is 1. The number of tetrazole rings is 1. The molecule has 0 bridgehead atoms. The Kier molecular flexibility index (Phi) is 10.4. The minimum atomic E-state index is -0.867. The van der Waals surface area contributed by atoms with Gasteiger partial charge in [0, 0.05) is 30.7 Å². The second-order valence-electron chi connectivity index (χ2n) is 10.6. The molecule has 0 spiro atoms. The van der Waals surface area contributed by atoms with E-state index in [2.05, 4.69) is 27.8 Å². The highest BCUT2D eigenvalue weighted by Gasteiger charge is 2.38. The van der Waals surface area contributed by atoms with E-state index in [0.29, 0.717) is 10.9 Å². The molecule has 5 atom stereocenters. The summed E-state index contributed by atoms with van der Waals surface area (Å²) in [6.45, 7) is 5.16. The van der Waals surface area contributed by atoms with E-state index in [-0.39, 0.29) is 37.2 Å². The summed E-state index contributed by atoms with van der Waals surface area (Å²) in [7, 11) is 0. The standard InChI is InChI=1S/C32H35N5O6S/c1-20-28(19-44-32-34-35-36-37(32)27-7-5-4-6-8-27)42-31(43-29(20)25-13-11-24(18-38)12-14-25)26-15-9-23(10-16-26)17-33-30(40)21(2)41-22(3)39/h4-16,20-21,28-29,31,38H,17-19H2,1-3H3,(H,33,40). The third-order valence-electron chi connectivity index (χ3n) is 7.37. The quantitative estimate of drug-likeness (QED) is 0.185. The second kappa shape index (κ2) is 14.6. The summed E-state index contributed by atoms with van der Waals surface area (Å²) in [6, 6.07) is 25.1. The summed E-state index contributed by atoms with van der Waals surface area (Å²) in [5.74, 6) is -0.295. The molecule has 0 radical (unpaired) electrons. The lowest BCUT2D eigenvalue weighted by atomic mass is 9.91. The molecule has 12 heteroatoms. The van der Waals surface area contributed by atoms with Crippen LogP contribution < -0.4 is 5.32 Å². The fraction of sp³-hybridized carbons (Fsp3) is 0.344. The molecule has 1 aliphatic heterocycles. The van der Waals surface area contributed by atoms with Crippen LogP contribution in [0.2, 0.25) is 0 Å². The minimum Gasteiger partial charge on any atom is -0.453 e. The number of carbonyl (C=O) groups excluding carboxylic acids is 2. The number of nitrogens with zero attached hydrogens (tertiary/aromatic N) is 4. The van der Waals surface area contributed by atoms with Crippen molar-refractivity contribution in [1.82, 2.24) is 25.5 Å². The first-order valence-electron chi connectivity index (χ1n) is 14.3. The molecule has 11 nitrogen and oxygen atoms in total. The summed E-state index contributed by atoms with van der Waals surface area (Å²) in [5.41, 5.74) is 4.40. The van der Waals surface area contributed by atoms with Crippen LogP contribution in [0, 0.1) is 5.92 Å². The predicted molar refractivity (Wildman–Crippen MR) is 162 cm³/mol. The summed E-state index contributed by atoms with van der Waals surface area (Å²) >= 11 is 1.52. The average molecular weight is 618 g/mol. The number of nitrogens with one attached hydrogen (secondary N) is 1. The number of aliphatic hydroxyl groups excluding tert-OH is 1. The highest BCUT2D eigenvalue weighted by Crippen LogP contribution is 2.43. The first-order chi connectivity index (χ1) is 21.3. The number of hydrogen-bond donors (Lipinski definition) is 2. The van der Waals surface area contributed by atoms with E-state index < -0.39 is 18.4 Å². The monoisotopic (exact) mass is 617 g/mol. The molecule has 44 heavy (non-hydrogen) atoms. The lowest BCUT2D eigenvalue weighted by Crippen LogP contribution is -2.38. The van der Waals surface area contributed by atoms with Gasteiger partial charge in [-0.3, -0.25) is 9.59 Å². The zero-order valence-electron chi connectivity index (χ0n) is 24.7. The van der Waals surface area contributed by atoms with Crippen LogP contribution in [0.5, 0.6) is 0 Å². The molecule has 5 unspecified atom stereocenters. The van der Waals surface area contributed by atoms with Crippen molar-refractivity contribution in [3.05, 3.63) is 101 Å². The Bertz CT molecular complexity index is 1530. The van der Waals surface area contributed by atoms with Gasteiger partial charge in [0.25, 0.3) is 5.91 Å². The maximum Gasteiger partial charge on any atom is 0.303 e. The van der Waals surface area contributed by atoms with Gasteiger partial charge in [-0.25, -0.2) is 0 Å². The first-order valence-corrected chi connectivity index (χ1v) is 15.3. The molecule has 1 aromatic heterocycles. The number of carbonyl (C=O) groups is 2. The van der Waals surface area contributed by atoms with Crippen LogP contribution in [0.15, 0.2) is 84.0 Å². The number of esters is 1. The maximum absolute atomic E-state index is 12.2. The molecule has 4 aromatic rings. The third-order valence-corrected chi connectivity index (χ3v) is 8.38. The van der Waals surface area contributed by atoms with Crippen molar-refractivity contribution in [2.24, 2.45) is 5.92 Å². The van der Waals surface area contributed by atoms with Crippen LogP contribution in [0.3, 0.4) is 0 Å². The van der Waals surface area contributed by atoms with Crippen LogP contribution in [0.25, 0.3) is 5.69 Å². The molecule has 2 heterocycles. The number of para-hydroxylation sites is 1. The number of aromatic nitrogens is 4. The molecular formula is C32H35N5O6S. The van der Waals surface area contributed by atoms with Crippen molar-refractivity contribution in [2.75, 3.05) is 5.75 Å². The van der Waals surface area contributed by atoms with Gasteiger partial charge >= 0.3 is 5.97 Å². The highest BCUT2D eigenvalue weighted by molar-refractivity contribution is 7.99. The van der Waals surface area contributed by atoms with Crippen molar-refractivity contribution in [1.29, 1.82) is 0 Å². The summed E-state index contributed by atoms with van der Waals surface area (Å²) in [6.07, 6.45) is -1.98. The molecule has 1 saturated heterocycles. The fourth-order valence-corrected chi connectivity index (χ4v) is 5.95. The Morgan fingerprint density at radius 2 is 1.68 bits per heavy atom. The summed E-state index contributed by atoms with van der Waals surface area (Å²) in [4.78, 5) is 23.4. The first kappa shape index (κ1) is 31.3. The Hall–Kier alpha value is -4.10. The highest BCUT2D eigenvalue weighted by atomic mass is 32.2. The average Bonchev–Trinajstić information content (AvgIpc) is 3.52. The zero-order valence-corrected chi connectivity index (χ0v) is 25.5. The van der Waals surface area contributed by atoms with Gasteiger partial charge in [0.05, 0.1) is 24.5 Å². The predicted octanol–water partition coefficient (Wildman–Crippen LogP) is 4.31. The van der Waals surface area contributed by atoms with Crippen molar-refractivity contribution in [3.63, 3.8) is 0 Å². The molecule has 0 saturated carbocycles. The number of hydrogen-bond acceptors (Lipinski definition) is 10. The Morgan fingerprint density at radius 3 is 2.36 bits per heavy atom. The molecular weight excluding hydrogens is 582 g/mol. The van der Waals surface area contributed by atoms with Gasteiger partial charge in [0.1, 0.15) is 0 Å². The molecule has 1 fully saturated rings. The minimum absolute atomic E-state index is 0.00604. The molecule has 230 valence electrons. The van der Waals surface area contributed by atoms with Gasteiger partial charge in [-0.2, -0.15) is 4.68 Å². The second-order valence-corrected chi connectivity index (χ2v) is 11.5. The number of benzene rings is 3. The van der Waals surface area contributed by atoms with Gasteiger partial charge in [0.15, 0.2) is 12.4 Å². The molecule has 3 aromatic carbocycles. The lowest BCUT2D eigenvalue weighted by molar-refractivity contribution is -0.268. The van der Waals surface area contributed by atoms with Crippen LogP contribution in [-0.2, 0) is 37.0 Å². The van der Waals surface area contributed by atoms with Gasteiger partial charge < -0.3 is 24.6 Å². The van der Waals surface area contributed by atoms with Crippen molar-refractivity contribution in [2.45, 2.75) is 63.7 Å². The van der Waals surface area contributed by atoms with Gasteiger partial charge in [-0.15, -0.1) is 5.10 Å². The third kappa shape index (κ3) is 7.69. The van der Waals surface area contributed by atoms with Gasteiger partial charge in [-0.1, -0.05) is 85.4 Å². The van der Waals surface area contributed by atoms with Crippen LogP contribution in [-0.4, -0.2) is 55.2 Å². The van der Waals surface area contributed by atoms with Gasteiger partial charge in [-0.05, 0) is 46.2 Å². The fourth-order valence-electron chi connectivity index (χ4n) is 4.89. The van der Waals surface area contributed by atoms with E-state index in [1.807, 2.05) is 78.9 Å². The number of rotatable bonds is 11. The van der Waals surface area contributed by atoms with E-state index in [9.17, 15) is 14.7 Å². The Balaban J connectivity index is 1.31. The van der Waals surface area contributed by atoms with Crippen LogP contribution in [0.4, 0.5) is 0 Å². The Labute approximate surface area is 259 Å². The smallest absolute Gasteiger partial charge is 0.303 e. The Morgan fingerprint density at radius 1 is 1.00 bits per heavy atom. The molecule has 2 N–H and O–H groups in total. The number of amides is 1. The van der Waals surface area contributed by atoms with Crippen LogP contribution >= 0.6 is 11.8 Å². The topological polar surface area (TPSA) is 138 Å². The molecule has 0 aliphatic carbocycles. The number of aliphatic hydroxyl groups is 1. The van der Waals surface area contributed by atoms with E-state index in [1.54, 1.807) is 4.68 Å². The largest absolute Gasteiger partial charge is 0.453 e. The summed E-state index contributed by atoms with van der Waals surface area (Å²) in [5, 5.41) is 25.3. The molecule has 5 rings (SSSR count). The molecule has 1 aliphatic rings. The SMILES string of the molecule is CC(=O)OC(C)C(=O)NCc1ccc(C2OC(CSc3nnnn3-c3ccccc3)C(C)C(c3ccc(CO)cc3)O2)cc1. The molecule has 1 amide bonds. The van der Waals surface area contributed by atoms with E-state index in [0.717, 1.165) is 27.9 Å². The number of ether oxygens (including phenoxy) is 3. The van der Waals surface area contributed by atoms with Crippen molar-refractivity contribution in [3.8, 4) is 5.69 Å². The van der Waals surface area contributed by atoms with Crippen LogP contribution in [0.1, 0.15) is 55.4 Å². The normalized spacial score (nSPS) is 20.5. The lowest BCUT2D eigenvalue weighted by Gasteiger charge is -2.41. The summed E-state index contributed by atoms with van der Waals surface area (Å²) < 4.78 is 19.8. The maximum atomic E-state index is 12.2. The zero-order chi connectivity index (χ0) is 31.1. The van der Waals surface area contributed by atoms with Crippen molar-refractivity contribution < 1.29 is 28.9 Å². The van der Waals surface area contributed by atoms with Gasteiger partial charge in [0.2, 0.25) is 5.16 Å². The van der Waals surface area contributed by atoms with E-state index in [4.69, 9.17) is 14.2 Å².